The molecule has 0 amide bonds. The lowest BCUT2D eigenvalue weighted by molar-refractivity contribution is -0.385. The van der Waals surface area contributed by atoms with Crippen molar-refractivity contribution in [3.63, 3.8) is 0 Å². The molecule has 2 aromatic carbocycles. The molecule has 0 aliphatic carbocycles. The van der Waals surface area contributed by atoms with Crippen LogP contribution in [0.25, 0.3) is 0 Å². The second kappa shape index (κ2) is 6.18. The van der Waals surface area contributed by atoms with Crippen LogP contribution in [0.5, 0.6) is 5.75 Å². The van der Waals surface area contributed by atoms with Crippen LogP contribution in [-0.2, 0) is 0 Å². The van der Waals surface area contributed by atoms with E-state index in [9.17, 15) is 29.4 Å². The third kappa shape index (κ3) is 3.28. The molecule has 0 saturated heterocycles. The van der Waals surface area contributed by atoms with Crippen molar-refractivity contribution in [1.29, 1.82) is 0 Å². The van der Waals surface area contributed by atoms with Crippen molar-refractivity contribution in [1.82, 2.24) is 0 Å². The molecule has 23 heavy (non-hydrogen) atoms. The molecular weight excluding hydrogens is 311 g/mol. The molecule has 8 nitrogen and oxygen atoms in total. The highest BCUT2D eigenvalue weighted by molar-refractivity contribution is 5.94. The van der Waals surface area contributed by atoms with Crippen molar-refractivity contribution in [2.45, 2.75) is 6.92 Å². The van der Waals surface area contributed by atoms with Crippen LogP contribution in [0.15, 0.2) is 36.4 Å². The summed E-state index contributed by atoms with van der Waals surface area (Å²) in [5.41, 5.74) is -0.990. The van der Waals surface area contributed by atoms with Gasteiger partial charge in [-0.15, -0.1) is 0 Å². The van der Waals surface area contributed by atoms with Gasteiger partial charge in [0.25, 0.3) is 5.69 Å². The number of hydrogen-bond acceptors (Lipinski definition) is 6. The summed E-state index contributed by atoms with van der Waals surface area (Å²) in [6.45, 7) is 1.34. The van der Waals surface area contributed by atoms with E-state index in [0.29, 0.717) is 6.07 Å². The molecular formula is C14H9FN2O6. The highest BCUT2D eigenvalue weighted by Crippen LogP contribution is 2.29. The summed E-state index contributed by atoms with van der Waals surface area (Å²) in [6, 6.07) is 6.17. The maximum absolute atomic E-state index is 13.2. The van der Waals surface area contributed by atoms with Crippen molar-refractivity contribution in [3.05, 3.63) is 73.6 Å². The smallest absolute Gasteiger partial charge is 0.344 e. The number of halogens is 1. The first-order valence-electron chi connectivity index (χ1n) is 6.21. The summed E-state index contributed by atoms with van der Waals surface area (Å²) in [6.07, 6.45) is 0. The summed E-state index contributed by atoms with van der Waals surface area (Å²) in [5, 5.41) is 21.7. The van der Waals surface area contributed by atoms with Crippen LogP contribution in [0.3, 0.4) is 0 Å². The Morgan fingerprint density at radius 1 is 1.09 bits per heavy atom. The second-order valence-corrected chi connectivity index (χ2v) is 4.47. The molecule has 0 heterocycles. The Kier molecular flexibility index (Phi) is 4.30. The minimum Gasteiger partial charge on any atom is -0.415 e. The van der Waals surface area contributed by atoms with Crippen LogP contribution < -0.4 is 4.74 Å². The first kappa shape index (κ1) is 16.0. The van der Waals surface area contributed by atoms with Crippen molar-refractivity contribution < 1.29 is 23.8 Å². The zero-order chi connectivity index (χ0) is 17.1. The number of nitro groups is 2. The summed E-state index contributed by atoms with van der Waals surface area (Å²) in [4.78, 5) is 32.3. The molecule has 9 heteroatoms. The molecule has 0 atom stereocenters. The van der Waals surface area contributed by atoms with Gasteiger partial charge in [-0.05, 0) is 19.1 Å². The molecule has 0 unspecified atom stereocenters. The molecule has 0 fully saturated rings. The Labute approximate surface area is 128 Å². The fraction of sp³-hybridized carbons (Fsp3) is 0.0714. The van der Waals surface area contributed by atoms with E-state index in [4.69, 9.17) is 4.74 Å². The third-order valence-electron chi connectivity index (χ3n) is 3.04. The highest BCUT2D eigenvalue weighted by Gasteiger charge is 2.23. The SMILES string of the molecule is Cc1c(C(=O)Oc2cc(F)ccc2[N+](=O)[O-])cccc1[N+](=O)[O-]. The average Bonchev–Trinajstić information content (AvgIpc) is 2.46. The van der Waals surface area contributed by atoms with Crippen LogP contribution in [0, 0.1) is 33.0 Å². The molecule has 2 aromatic rings. The van der Waals surface area contributed by atoms with E-state index in [0.717, 1.165) is 12.1 Å². The number of carbonyl (C=O) groups excluding carboxylic acids is 1. The number of benzene rings is 2. The molecule has 0 bridgehead atoms. The van der Waals surface area contributed by atoms with Gasteiger partial charge in [-0.25, -0.2) is 9.18 Å². The largest absolute Gasteiger partial charge is 0.415 e. The Hall–Kier alpha value is -3.36. The number of nitrogens with zero attached hydrogens (tertiary/aromatic N) is 2. The van der Waals surface area contributed by atoms with Gasteiger partial charge in [-0.3, -0.25) is 20.2 Å². The molecule has 0 aromatic heterocycles. The van der Waals surface area contributed by atoms with Gasteiger partial charge in [0.15, 0.2) is 0 Å². The lowest BCUT2D eigenvalue weighted by atomic mass is 10.1. The van der Waals surface area contributed by atoms with Gasteiger partial charge in [0.05, 0.1) is 15.4 Å². The van der Waals surface area contributed by atoms with E-state index in [1.807, 2.05) is 0 Å². The average molecular weight is 320 g/mol. The number of carbonyl (C=O) groups is 1. The Morgan fingerprint density at radius 2 is 1.74 bits per heavy atom. The van der Waals surface area contributed by atoms with Gasteiger partial charge < -0.3 is 4.74 Å². The lowest BCUT2D eigenvalue weighted by Gasteiger charge is -2.07. The molecule has 2 rings (SSSR count). The number of nitro benzene ring substituents is 2. The van der Waals surface area contributed by atoms with Crippen LogP contribution in [-0.4, -0.2) is 15.8 Å². The second-order valence-electron chi connectivity index (χ2n) is 4.47. The fourth-order valence-electron chi connectivity index (χ4n) is 1.92. The van der Waals surface area contributed by atoms with Gasteiger partial charge in [0.1, 0.15) is 5.82 Å². The van der Waals surface area contributed by atoms with E-state index in [-0.39, 0.29) is 16.8 Å². The number of hydrogen-bond donors (Lipinski definition) is 0. The van der Waals surface area contributed by atoms with Gasteiger partial charge >= 0.3 is 11.7 Å². The van der Waals surface area contributed by atoms with E-state index in [2.05, 4.69) is 0 Å². The molecule has 0 spiro atoms. The van der Waals surface area contributed by atoms with Crippen molar-refractivity contribution in [2.75, 3.05) is 0 Å². The Bertz CT molecular complexity index is 821. The van der Waals surface area contributed by atoms with E-state index < -0.39 is 33.1 Å². The first-order valence-corrected chi connectivity index (χ1v) is 6.21. The van der Waals surface area contributed by atoms with Crippen LogP contribution in [0.4, 0.5) is 15.8 Å². The standard InChI is InChI=1S/C14H9FN2O6/c1-8-10(3-2-4-11(8)16(19)20)14(18)23-13-7-9(15)5-6-12(13)17(21)22/h2-7H,1H3. The molecule has 0 radical (unpaired) electrons. The molecule has 0 aliphatic heterocycles. The van der Waals surface area contributed by atoms with Gasteiger partial charge in [0.2, 0.25) is 5.75 Å². The summed E-state index contributed by atoms with van der Waals surface area (Å²) in [5.74, 6) is -2.46. The molecule has 0 aliphatic rings. The van der Waals surface area contributed by atoms with Crippen LogP contribution in [0.2, 0.25) is 0 Å². The third-order valence-corrected chi connectivity index (χ3v) is 3.04. The van der Waals surface area contributed by atoms with Crippen molar-refractivity contribution in [2.24, 2.45) is 0 Å². The fourth-order valence-corrected chi connectivity index (χ4v) is 1.92. The quantitative estimate of drug-likeness (QED) is 0.370. The molecule has 118 valence electrons. The maximum Gasteiger partial charge on any atom is 0.344 e. The topological polar surface area (TPSA) is 113 Å². The number of ether oxygens (including phenoxy) is 1. The van der Waals surface area contributed by atoms with Gasteiger partial charge in [-0.1, -0.05) is 6.07 Å². The van der Waals surface area contributed by atoms with E-state index in [1.54, 1.807) is 0 Å². The number of esters is 1. The van der Waals surface area contributed by atoms with Gasteiger partial charge in [0, 0.05) is 23.8 Å². The highest BCUT2D eigenvalue weighted by atomic mass is 19.1. The van der Waals surface area contributed by atoms with Crippen molar-refractivity contribution >= 4 is 17.3 Å². The predicted molar refractivity (Wildman–Crippen MR) is 75.8 cm³/mol. The van der Waals surface area contributed by atoms with Crippen molar-refractivity contribution in [3.8, 4) is 5.75 Å². The minimum absolute atomic E-state index is 0.0431. The zero-order valence-corrected chi connectivity index (χ0v) is 11.7. The molecule has 0 saturated carbocycles. The first-order chi connectivity index (χ1) is 10.8. The van der Waals surface area contributed by atoms with Crippen LogP contribution >= 0.6 is 0 Å². The maximum atomic E-state index is 13.2. The zero-order valence-electron chi connectivity index (χ0n) is 11.7. The predicted octanol–water partition coefficient (Wildman–Crippen LogP) is 3.17. The van der Waals surface area contributed by atoms with Gasteiger partial charge in [-0.2, -0.15) is 0 Å². The Balaban J connectivity index is 2.41. The monoisotopic (exact) mass is 320 g/mol. The summed E-state index contributed by atoms with van der Waals surface area (Å²) < 4.78 is 18.1. The molecule has 0 N–H and O–H groups in total. The lowest BCUT2D eigenvalue weighted by Crippen LogP contribution is -2.12. The van der Waals surface area contributed by atoms with E-state index >= 15 is 0 Å². The Morgan fingerprint density at radius 3 is 2.35 bits per heavy atom. The van der Waals surface area contributed by atoms with Crippen LogP contribution in [0.1, 0.15) is 15.9 Å². The number of rotatable bonds is 4. The normalized spacial score (nSPS) is 10.2. The summed E-state index contributed by atoms with van der Waals surface area (Å²) in [7, 11) is 0. The summed E-state index contributed by atoms with van der Waals surface area (Å²) >= 11 is 0. The minimum atomic E-state index is -1.06. The van der Waals surface area contributed by atoms with E-state index in [1.165, 1.54) is 25.1 Å².